The summed E-state index contributed by atoms with van der Waals surface area (Å²) in [5, 5.41) is 12.7. The van der Waals surface area contributed by atoms with Crippen LogP contribution >= 0.6 is 0 Å². The second-order valence-electron chi connectivity index (χ2n) is 8.68. The van der Waals surface area contributed by atoms with Crippen molar-refractivity contribution < 1.29 is 19.4 Å². The van der Waals surface area contributed by atoms with Crippen LogP contribution in [0.5, 0.6) is 5.88 Å². The molecule has 2 N–H and O–H groups in total. The van der Waals surface area contributed by atoms with Crippen LogP contribution < -0.4 is 10.1 Å². The van der Waals surface area contributed by atoms with Crippen molar-refractivity contribution in [2.75, 3.05) is 32.1 Å². The van der Waals surface area contributed by atoms with Crippen molar-refractivity contribution in [1.29, 1.82) is 0 Å². The summed E-state index contributed by atoms with van der Waals surface area (Å²) in [6, 6.07) is 7.77. The molecule has 8 heteroatoms. The normalized spacial score (nSPS) is 16.5. The summed E-state index contributed by atoms with van der Waals surface area (Å²) in [6.07, 6.45) is 5.81. The molecule has 4 rings (SSSR count). The molecule has 0 aliphatic carbocycles. The molecule has 0 radical (unpaired) electrons. The molecule has 2 aliphatic heterocycles. The van der Waals surface area contributed by atoms with Crippen molar-refractivity contribution in [3.8, 4) is 5.88 Å². The van der Waals surface area contributed by atoms with Gasteiger partial charge in [-0.15, -0.1) is 0 Å². The average Bonchev–Trinajstić information content (AvgIpc) is 2.77. The monoisotopic (exact) mass is 438 g/mol. The fourth-order valence-electron chi connectivity index (χ4n) is 4.43. The van der Waals surface area contributed by atoms with Gasteiger partial charge in [-0.05, 0) is 48.8 Å². The molecule has 170 valence electrons. The van der Waals surface area contributed by atoms with Gasteiger partial charge < -0.3 is 20.1 Å². The van der Waals surface area contributed by atoms with E-state index < -0.39 is 11.9 Å². The van der Waals surface area contributed by atoms with Crippen molar-refractivity contribution >= 4 is 17.7 Å². The fraction of sp³-hybridized carbons (Fsp3) is 0.500. The Labute approximate surface area is 188 Å². The lowest BCUT2D eigenvalue weighted by Gasteiger charge is -2.40. The minimum atomic E-state index is -0.924. The molecule has 2 aliphatic rings. The van der Waals surface area contributed by atoms with Crippen molar-refractivity contribution in [2.45, 2.75) is 44.4 Å². The minimum absolute atomic E-state index is 0.000534. The number of carboxylic acids is 1. The number of hydrogen-bond acceptors (Lipinski definition) is 6. The topological polar surface area (TPSA) is 105 Å². The van der Waals surface area contributed by atoms with Gasteiger partial charge in [0.25, 0.3) is 0 Å². The zero-order chi connectivity index (χ0) is 22.5. The molecule has 32 heavy (non-hydrogen) atoms. The molecule has 1 atom stereocenters. The Morgan fingerprint density at radius 3 is 2.81 bits per heavy atom. The number of anilines is 1. The Hall–Kier alpha value is -3.16. The maximum atomic E-state index is 12.8. The number of aryl methyl sites for hydroxylation is 2. The Kier molecular flexibility index (Phi) is 6.87. The van der Waals surface area contributed by atoms with Crippen LogP contribution in [0, 0.1) is 5.92 Å². The van der Waals surface area contributed by atoms with Crippen molar-refractivity contribution in [3.63, 3.8) is 0 Å². The van der Waals surface area contributed by atoms with E-state index in [2.05, 4.69) is 22.4 Å². The summed E-state index contributed by atoms with van der Waals surface area (Å²) in [5.74, 6) is 0.627. The quantitative estimate of drug-likeness (QED) is 0.620. The molecule has 0 saturated carbocycles. The van der Waals surface area contributed by atoms with Crippen LogP contribution in [0.4, 0.5) is 5.82 Å². The molecule has 2 aromatic heterocycles. The minimum Gasteiger partial charge on any atom is -0.481 e. The van der Waals surface area contributed by atoms with Crippen LogP contribution in [0.25, 0.3) is 0 Å². The smallest absolute Gasteiger partial charge is 0.303 e. The van der Waals surface area contributed by atoms with E-state index in [9.17, 15) is 14.7 Å². The molecule has 1 amide bonds. The number of ether oxygens (including phenoxy) is 1. The van der Waals surface area contributed by atoms with Gasteiger partial charge in [0, 0.05) is 49.9 Å². The predicted molar refractivity (Wildman–Crippen MR) is 120 cm³/mol. The van der Waals surface area contributed by atoms with E-state index in [0.717, 1.165) is 62.4 Å². The largest absolute Gasteiger partial charge is 0.481 e. The van der Waals surface area contributed by atoms with Crippen LogP contribution in [0.1, 0.15) is 48.4 Å². The number of carbonyl (C=O) groups is 2. The predicted octanol–water partition coefficient (Wildman–Crippen LogP) is 2.88. The second-order valence-corrected chi connectivity index (χ2v) is 8.68. The maximum Gasteiger partial charge on any atom is 0.303 e. The third kappa shape index (κ3) is 5.36. The number of aromatic nitrogens is 2. The summed E-state index contributed by atoms with van der Waals surface area (Å²) in [4.78, 5) is 34.8. The van der Waals surface area contributed by atoms with Crippen LogP contribution in [0.2, 0.25) is 0 Å². The number of methoxy groups -OCH3 is 1. The number of carbonyl (C=O) groups excluding carboxylic acids is 1. The summed E-state index contributed by atoms with van der Waals surface area (Å²) < 4.78 is 5.06. The molecule has 0 bridgehead atoms. The molecule has 1 saturated heterocycles. The highest BCUT2D eigenvalue weighted by molar-refractivity contribution is 5.79. The van der Waals surface area contributed by atoms with Crippen molar-refractivity contribution in [3.05, 3.63) is 47.3 Å². The average molecular weight is 439 g/mol. The first kappa shape index (κ1) is 22.0. The number of likely N-dealkylation sites (tertiary alicyclic amines) is 1. The van der Waals surface area contributed by atoms with E-state index in [1.807, 2.05) is 4.90 Å². The molecule has 0 spiro atoms. The lowest BCUT2D eigenvalue weighted by molar-refractivity contribution is -0.139. The van der Waals surface area contributed by atoms with E-state index in [4.69, 9.17) is 9.72 Å². The van der Waals surface area contributed by atoms with E-state index in [1.54, 1.807) is 18.3 Å². The summed E-state index contributed by atoms with van der Waals surface area (Å²) in [6.45, 7) is 2.43. The Balaban J connectivity index is 1.26. The lowest BCUT2D eigenvalue weighted by Crippen LogP contribution is -2.50. The number of hydrogen-bond donors (Lipinski definition) is 2. The zero-order valence-corrected chi connectivity index (χ0v) is 18.4. The van der Waals surface area contributed by atoms with Crippen molar-refractivity contribution in [1.82, 2.24) is 14.9 Å². The molecule has 0 aromatic carbocycles. The van der Waals surface area contributed by atoms with Crippen molar-refractivity contribution in [2.24, 2.45) is 5.92 Å². The van der Waals surface area contributed by atoms with Gasteiger partial charge in [0.1, 0.15) is 5.82 Å². The van der Waals surface area contributed by atoms with E-state index in [-0.39, 0.29) is 18.7 Å². The number of rotatable bonds is 9. The Morgan fingerprint density at radius 1 is 1.25 bits per heavy atom. The van der Waals surface area contributed by atoms with E-state index >= 15 is 0 Å². The van der Waals surface area contributed by atoms with Gasteiger partial charge in [0.15, 0.2) is 0 Å². The summed E-state index contributed by atoms with van der Waals surface area (Å²) in [5.41, 5.74) is 3.13. The van der Waals surface area contributed by atoms with E-state index in [1.165, 1.54) is 12.7 Å². The first-order chi connectivity index (χ1) is 15.5. The number of carboxylic acid groups (broad SMARTS) is 1. The number of nitrogens with one attached hydrogen (secondary N) is 1. The molecule has 2 aromatic rings. The number of aliphatic carboxylic acids is 1. The van der Waals surface area contributed by atoms with Gasteiger partial charge >= 0.3 is 5.97 Å². The van der Waals surface area contributed by atoms with Crippen LogP contribution in [-0.4, -0.2) is 58.6 Å². The first-order valence-corrected chi connectivity index (χ1v) is 11.2. The SMILES string of the molecule is COc1ccc([C@H](CC(=O)O)CC(=O)N2CC(CCc3ccc4c(n3)NCCC4)C2)cn1. The maximum absolute atomic E-state index is 12.8. The summed E-state index contributed by atoms with van der Waals surface area (Å²) >= 11 is 0. The third-order valence-electron chi connectivity index (χ3n) is 6.35. The number of amides is 1. The van der Waals surface area contributed by atoms with Gasteiger partial charge in [-0.2, -0.15) is 0 Å². The standard InChI is InChI=1S/C24H30N4O4/c1-32-21-9-6-18(13-26-21)19(12-23(30)31)11-22(29)28-14-16(15-28)4-7-20-8-5-17-3-2-10-25-24(17)27-20/h5-6,8-9,13,16,19H,2-4,7,10-12,14-15H2,1H3,(H,25,27)(H,30,31)/t19-/m0/s1. The number of nitrogens with zero attached hydrogens (tertiary/aromatic N) is 3. The number of fused-ring (bicyclic) bond motifs is 1. The van der Waals surface area contributed by atoms with Gasteiger partial charge in [0.2, 0.25) is 11.8 Å². The van der Waals surface area contributed by atoms with E-state index in [0.29, 0.717) is 11.8 Å². The van der Waals surface area contributed by atoms with Gasteiger partial charge in [0.05, 0.1) is 13.5 Å². The highest BCUT2D eigenvalue weighted by Gasteiger charge is 2.32. The lowest BCUT2D eigenvalue weighted by atomic mass is 9.89. The highest BCUT2D eigenvalue weighted by Crippen LogP contribution is 2.29. The summed E-state index contributed by atoms with van der Waals surface area (Å²) in [7, 11) is 1.53. The first-order valence-electron chi connectivity index (χ1n) is 11.2. The molecule has 8 nitrogen and oxygen atoms in total. The van der Waals surface area contributed by atoms with Crippen LogP contribution in [0.3, 0.4) is 0 Å². The van der Waals surface area contributed by atoms with Crippen LogP contribution in [0.15, 0.2) is 30.5 Å². The molecule has 0 unspecified atom stereocenters. The highest BCUT2D eigenvalue weighted by atomic mass is 16.5. The van der Waals surface area contributed by atoms with Crippen LogP contribution in [-0.2, 0) is 22.4 Å². The Morgan fingerprint density at radius 2 is 2.09 bits per heavy atom. The zero-order valence-electron chi connectivity index (χ0n) is 18.4. The molecular weight excluding hydrogens is 408 g/mol. The van der Waals surface area contributed by atoms with Gasteiger partial charge in [-0.1, -0.05) is 12.1 Å². The second kappa shape index (κ2) is 9.97. The molecule has 4 heterocycles. The molecular formula is C24H30N4O4. The number of pyridine rings is 2. The van der Waals surface area contributed by atoms with Gasteiger partial charge in [-0.3, -0.25) is 9.59 Å². The Bertz CT molecular complexity index is 957. The van der Waals surface area contributed by atoms with Gasteiger partial charge in [-0.25, -0.2) is 9.97 Å². The fourth-order valence-corrected chi connectivity index (χ4v) is 4.43. The third-order valence-corrected chi connectivity index (χ3v) is 6.35. The molecule has 1 fully saturated rings.